The summed E-state index contributed by atoms with van der Waals surface area (Å²) in [4.78, 5) is 31.2. The van der Waals surface area contributed by atoms with Gasteiger partial charge in [0.25, 0.3) is 0 Å². The van der Waals surface area contributed by atoms with Crippen LogP contribution in [0.1, 0.15) is 23.2 Å². The lowest BCUT2D eigenvalue weighted by atomic mass is 10.1. The summed E-state index contributed by atoms with van der Waals surface area (Å²) in [6.07, 6.45) is 1.81. The maximum absolute atomic E-state index is 12.5. The van der Waals surface area contributed by atoms with Gasteiger partial charge in [0.05, 0.1) is 31.8 Å². The molecule has 1 aliphatic heterocycles. The number of carbonyl (C=O) groups excluding carboxylic acids is 2. The summed E-state index contributed by atoms with van der Waals surface area (Å²) in [6.45, 7) is 4.11. The van der Waals surface area contributed by atoms with Gasteiger partial charge in [0.2, 0.25) is 11.8 Å². The monoisotopic (exact) mass is 382 g/mol. The molecule has 7 heteroatoms. The third kappa shape index (κ3) is 4.86. The largest absolute Gasteiger partial charge is 0.496 e. The molecule has 3 rings (SSSR count). The first-order chi connectivity index (χ1) is 13.6. The Bertz CT molecular complexity index is 840. The number of nitrogens with zero attached hydrogens (tertiary/aromatic N) is 2. The molecule has 1 saturated heterocycles. The Labute approximate surface area is 165 Å². The van der Waals surface area contributed by atoms with Crippen molar-refractivity contribution in [2.24, 2.45) is 0 Å². The average Bonchev–Trinajstić information content (AvgIpc) is 2.70. The van der Waals surface area contributed by atoms with Crippen LogP contribution in [0.25, 0.3) is 0 Å². The number of benzene rings is 1. The summed E-state index contributed by atoms with van der Waals surface area (Å²) in [7, 11) is 1.63. The van der Waals surface area contributed by atoms with Crippen LogP contribution in [-0.2, 0) is 22.7 Å². The highest BCUT2D eigenvalue weighted by Crippen LogP contribution is 2.22. The minimum absolute atomic E-state index is 0.104. The van der Waals surface area contributed by atoms with Crippen molar-refractivity contribution >= 4 is 11.8 Å². The van der Waals surface area contributed by atoms with E-state index in [9.17, 15) is 9.59 Å². The molecule has 0 spiro atoms. The molecule has 28 heavy (non-hydrogen) atoms. The zero-order valence-electron chi connectivity index (χ0n) is 16.3. The van der Waals surface area contributed by atoms with Crippen molar-refractivity contribution < 1.29 is 14.3 Å². The van der Waals surface area contributed by atoms with Crippen LogP contribution in [-0.4, -0.2) is 47.9 Å². The summed E-state index contributed by atoms with van der Waals surface area (Å²) in [5, 5.41) is 5.74. The van der Waals surface area contributed by atoms with Gasteiger partial charge in [0, 0.05) is 31.4 Å². The number of aryl methyl sites for hydroxylation is 1. The second kappa shape index (κ2) is 9.32. The minimum atomic E-state index is -0.511. The molecule has 0 radical (unpaired) electrons. The number of pyridine rings is 1. The van der Waals surface area contributed by atoms with Gasteiger partial charge in [-0.3, -0.25) is 19.5 Å². The summed E-state index contributed by atoms with van der Waals surface area (Å²) in [5.74, 6) is 0.491. The Morgan fingerprint density at radius 2 is 2.14 bits per heavy atom. The number of hydrogen-bond donors (Lipinski definition) is 2. The van der Waals surface area contributed by atoms with Crippen molar-refractivity contribution in [1.82, 2.24) is 20.5 Å². The molecule has 1 atom stereocenters. The number of carbonyl (C=O) groups is 2. The van der Waals surface area contributed by atoms with Crippen molar-refractivity contribution in [1.29, 1.82) is 0 Å². The predicted molar refractivity (Wildman–Crippen MR) is 106 cm³/mol. The molecular formula is C21H26N4O3. The van der Waals surface area contributed by atoms with Gasteiger partial charge in [-0.15, -0.1) is 0 Å². The molecule has 2 aromatic rings. The van der Waals surface area contributed by atoms with Crippen molar-refractivity contribution in [2.75, 3.05) is 20.2 Å². The fraction of sp³-hybridized carbons (Fsp3) is 0.381. The molecule has 0 saturated carbocycles. The van der Waals surface area contributed by atoms with Crippen molar-refractivity contribution in [3.63, 3.8) is 0 Å². The standard InChI is InChI=1S/C21H26N4O3/c1-15-6-5-9-22-17(15)13-24-20(26)12-18-21(27)23-10-11-25(18)14-16-7-3-4-8-19(16)28-2/h3-9,18H,10-14H2,1-2H3,(H,23,27)(H,24,26). The van der Waals surface area contributed by atoms with Gasteiger partial charge < -0.3 is 15.4 Å². The first-order valence-electron chi connectivity index (χ1n) is 9.39. The van der Waals surface area contributed by atoms with Gasteiger partial charge >= 0.3 is 0 Å². The smallest absolute Gasteiger partial charge is 0.237 e. The van der Waals surface area contributed by atoms with Gasteiger partial charge in [0.15, 0.2) is 0 Å². The zero-order valence-corrected chi connectivity index (χ0v) is 16.3. The Morgan fingerprint density at radius 1 is 1.32 bits per heavy atom. The number of hydrogen-bond acceptors (Lipinski definition) is 5. The van der Waals surface area contributed by atoms with Crippen molar-refractivity contribution in [2.45, 2.75) is 32.5 Å². The predicted octanol–water partition coefficient (Wildman–Crippen LogP) is 1.41. The third-order valence-corrected chi connectivity index (χ3v) is 4.96. The maximum atomic E-state index is 12.5. The number of piperazine rings is 1. The highest BCUT2D eigenvalue weighted by atomic mass is 16.5. The number of rotatable bonds is 7. The first-order valence-corrected chi connectivity index (χ1v) is 9.39. The van der Waals surface area contributed by atoms with Crippen LogP contribution in [0.2, 0.25) is 0 Å². The summed E-state index contributed by atoms with van der Waals surface area (Å²) in [6, 6.07) is 11.0. The van der Waals surface area contributed by atoms with E-state index in [1.807, 2.05) is 48.2 Å². The molecule has 2 heterocycles. The van der Waals surface area contributed by atoms with E-state index in [1.165, 1.54) is 0 Å². The van der Waals surface area contributed by atoms with Gasteiger partial charge in [0.1, 0.15) is 5.75 Å². The Hall–Kier alpha value is -2.93. The molecular weight excluding hydrogens is 356 g/mol. The van der Waals surface area contributed by atoms with Gasteiger partial charge in [-0.05, 0) is 24.6 Å². The first kappa shape index (κ1) is 19.8. The number of amides is 2. The molecule has 0 bridgehead atoms. The van der Waals surface area contributed by atoms with E-state index < -0.39 is 6.04 Å². The normalized spacial score (nSPS) is 17.1. The molecule has 1 unspecified atom stereocenters. The Morgan fingerprint density at radius 3 is 2.93 bits per heavy atom. The van der Waals surface area contributed by atoms with Crippen molar-refractivity contribution in [3.05, 3.63) is 59.4 Å². The number of ether oxygens (including phenoxy) is 1. The Balaban J connectivity index is 1.64. The number of aromatic nitrogens is 1. The molecule has 1 aliphatic rings. The van der Waals surface area contributed by atoms with Gasteiger partial charge in [-0.2, -0.15) is 0 Å². The highest BCUT2D eigenvalue weighted by Gasteiger charge is 2.32. The van der Waals surface area contributed by atoms with Crippen molar-refractivity contribution in [3.8, 4) is 5.75 Å². The molecule has 2 amide bonds. The van der Waals surface area contributed by atoms with Crippen LogP contribution in [0.3, 0.4) is 0 Å². The second-order valence-corrected chi connectivity index (χ2v) is 6.84. The average molecular weight is 382 g/mol. The fourth-order valence-corrected chi connectivity index (χ4v) is 3.36. The second-order valence-electron chi connectivity index (χ2n) is 6.84. The fourth-order valence-electron chi connectivity index (χ4n) is 3.36. The molecule has 1 aromatic heterocycles. The van der Waals surface area contributed by atoms with E-state index >= 15 is 0 Å². The SMILES string of the molecule is COc1ccccc1CN1CCNC(=O)C1CC(=O)NCc1ncccc1C. The van der Waals surface area contributed by atoms with E-state index in [-0.39, 0.29) is 18.2 Å². The van der Waals surface area contributed by atoms with Gasteiger partial charge in [-0.25, -0.2) is 0 Å². The highest BCUT2D eigenvalue weighted by molar-refractivity contribution is 5.88. The van der Waals surface area contributed by atoms with Crippen LogP contribution in [0.15, 0.2) is 42.6 Å². The minimum Gasteiger partial charge on any atom is -0.496 e. The molecule has 2 N–H and O–H groups in total. The molecule has 1 fully saturated rings. The number of para-hydroxylation sites is 1. The summed E-state index contributed by atoms with van der Waals surface area (Å²) < 4.78 is 5.42. The number of nitrogens with one attached hydrogen (secondary N) is 2. The lowest BCUT2D eigenvalue weighted by molar-refractivity contribution is -0.134. The summed E-state index contributed by atoms with van der Waals surface area (Å²) in [5.41, 5.74) is 2.85. The van der Waals surface area contributed by atoms with E-state index in [0.29, 0.717) is 26.2 Å². The lowest BCUT2D eigenvalue weighted by Gasteiger charge is -2.35. The van der Waals surface area contributed by atoms with Crippen LogP contribution in [0.4, 0.5) is 0 Å². The lowest BCUT2D eigenvalue weighted by Crippen LogP contribution is -2.56. The van der Waals surface area contributed by atoms with Crippen LogP contribution in [0.5, 0.6) is 5.75 Å². The van der Waals surface area contributed by atoms with E-state index in [4.69, 9.17) is 4.74 Å². The van der Waals surface area contributed by atoms with Crippen LogP contribution in [0, 0.1) is 6.92 Å². The van der Waals surface area contributed by atoms with Gasteiger partial charge in [-0.1, -0.05) is 24.3 Å². The molecule has 1 aromatic carbocycles. The van der Waals surface area contributed by atoms with Crippen LogP contribution >= 0.6 is 0 Å². The molecule has 7 nitrogen and oxygen atoms in total. The van der Waals surface area contributed by atoms with E-state index in [0.717, 1.165) is 22.6 Å². The van der Waals surface area contributed by atoms with E-state index in [2.05, 4.69) is 15.6 Å². The third-order valence-electron chi connectivity index (χ3n) is 4.96. The molecule has 148 valence electrons. The topological polar surface area (TPSA) is 83.6 Å². The van der Waals surface area contributed by atoms with E-state index in [1.54, 1.807) is 13.3 Å². The Kier molecular flexibility index (Phi) is 6.60. The summed E-state index contributed by atoms with van der Waals surface area (Å²) >= 11 is 0. The maximum Gasteiger partial charge on any atom is 0.237 e. The number of methoxy groups -OCH3 is 1. The van der Waals surface area contributed by atoms with Crippen LogP contribution < -0.4 is 15.4 Å². The quantitative estimate of drug-likeness (QED) is 0.756. The zero-order chi connectivity index (χ0) is 19.9. The molecule has 0 aliphatic carbocycles.